The first kappa shape index (κ1) is 9.19. The molecular formula is C8H14N2O2. The number of hydrogen-bond acceptors (Lipinski definition) is 3. The first-order chi connectivity index (χ1) is 5.70. The van der Waals surface area contributed by atoms with Crippen LogP contribution in [0.2, 0.25) is 0 Å². The van der Waals surface area contributed by atoms with Crippen molar-refractivity contribution in [3.8, 4) is 0 Å². The van der Waals surface area contributed by atoms with Crippen molar-refractivity contribution in [1.82, 2.24) is 4.90 Å². The SMILES string of the molecule is CCC1CC(=O)N(CCN)C1=O. The molecule has 0 saturated carbocycles. The molecule has 1 aliphatic heterocycles. The average molecular weight is 170 g/mol. The molecule has 2 N–H and O–H groups in total. The fraction of sp³-hybridized carbons (Fsp3) is 0.750. The van der Waals surface area contributed by atoms with Gasteiger partial charge in [0.2, 0.25) is 11.8 Å². The lowest BCUT2D eigenvalue weighted by atomic mass is 10.1. The molecule has 1 saturated heterocycles. The number of likely N-dealkylation sites (tertiary alicyclic amines) is 1. The van der Waals surface area contributed by atoms with Crippen molar-refractivity contribution in [3.63, 3.8) is 0 Å². The van der Waals surface area contributed by atoms with E-state index in [0.717, 1.165) is 6.42 Å². The molecule has 0 radical (unpaired) electrons. The van der Waals surface area contributed by atoms with Crippen LogP contribution in [0.1, 0.15) is 19.8 Å². The molecule has 4 nitrogen and oxygen atoms in total. The first-order valence-electron chi connectivity index (χ1n) is 4.25. The fourth-order valence-electron chi connectivity index (χ4n) is 1.43. The zero-order valence-electron chi connectivity index (χ0n) is 7.25. The summed E-state index contributed by atoms with van der Waals surface area (Å²) >= 11 is 0. The van der Waals surface area contributed by atoms with Crippen LogP contribution in [0.3, 0.4) is 0 Å². The van der Waals surface area contributed by atoms with Gasteiger partial charge in [0, 0.05) is 25.4 Å². The maximum Gasteiger partial charge on any atom is 0.232 e. The van der Waals surface area contributed by atoms with Gasteiger partial charge in [-0.15, -0.1) is 0 Å². The van der Waals surface area contributed by atoms with Crippen molar-refractivity contribution in [3.05, 3.63) is 0 Å². The van der Waals surface area contributed by atoms with E-state index in [4.69, 9.17) is 5.73 Å². The molecule has 4 heteroatoms. The van der Waals surface area contributed by atoms with Crippen LogP contribution in [0.25, 0.3) is 0 Å². The van der Waals surface area contributed by atoms with Gasteiger partial charge in [-0.2, -0.15) is 0 Å². The van der Waals surface area contributed by atoms with E-state index in [1.54, 1.807) is 0 Å². The molecule has 1 rings (SSSR count). The summed E-state index contributed by atoms with van der Waals surface area (Å²) in [6, 6.07) is 0. The molecule has 1 unspecified atom stereocenters. The third kappa shape index (κ3) is 1.48. The van der Waals surface area contributed by atoms with E-state index in [9.17, 15) is 9.59 Å². The van der Waals surface area contributed by atoms with Crippen LogP contribution in [0.4, 0.5) is 0 Å². The number of hydrogen-bond donors (Lipinski definition) is 1. The van der Waals surface area contributed by atoms with E-state index >= 15 is 0 Å². The molecule has 2 amide bonds. The summed E-state index contributed by atoms with van der Waals surface area (Å²) in [6.45, 7) is 2.64. The van der Waals surface area contributed by atoms with Crippen molar-refractivity contribution in [1.29, 1.82) is 0 Å². The normalized spacial score (nSPS) is 23.8. The molecule has 0 bridgehead atoms. The summed E-state index contributed by atoms with van der Waals surface area (Å²) in [5, 5.41) is 0. The third-order valence-electron chi connectivity index (χ3n) is 2.18. The Balaban J connectivity index is 2.64. The van der Waals surface area contributed by atoms with Gasteiger partial charge < -0.3 is 5.73 Å². The molecule has 1 fully saturated rings. The second-order valence-electron chi connectivity index (χ2n) is 2.98. The van der Waals surface area contributed by atoms with E-state index in [2.05, 4.69) is 0 Å². The quantitative estimate of drug-likeness (QED) is 0.593. The fourth-order valence-corrected chi connectivity index (χ4v) is 1.43. The Hall–Kier alpha value is -0.900. The van der Waals surface area contributed by atoms with Gasteiger partial charge in [0.25, 0.3) is 0 Å². The van der Waals surface area contributed by atoms with Crippen molar-refractivity contribution in [2.75, 3.05) is 13.1 Å². The molecule has 1 atom stereocenters. The van der Waals surface area contributed by atoms with Crippen LogP contribution in [0.5, 0.6) is 0 Å². The number of imide groups is 1. The van der Waals surface area contributed by atoms with Crippen molar-refractivity contribution in [2.45, 2.75) is 19.8 Å². The predicted octanol–water partition coefficient (Wildman–Crippen LogP) is -0.270. The smallest absolute Gasteiger partial charge is 0.232 e. The molecule has 12 heavy (non-hydrogen) atoms. The lowest BCUT2D eigenvalue weighted by Gasteiger charge is -2.12. The maximum atomic E-state index is 11.4. The lowest BCUT2D eigenvalue weighted by Crippen LogP contribution is -2.35. The van der Waals surface area contributed by atoms with E-state index < -0.39 is 0 Å². The Morgan fingerprint density at radius 1 is 1.58 bits per heavy atom. The minimum atomic E-state index is -0.0935. The van der Waals surface area contributed by atoms with E-state index in [1.807, 2.05) is 6.92 Å². The first-order valence-corrected chi connectivity index (χ1v) is 4.25. The highest BCUT2D eigenvalue weighted by molar-refractivity contribution is 6.03. The number of carbonyl (C=O) groups is 2. The van der Waals surface area contributed by atoms with E-state index in [1.165, 1.54) is 4.90 Å². The van der Waals surface area contributed by atoms with Crippen LogP contribution in [-0.2, 0) is 9.59 Å². The zero-order valence-corrected chi connectivity index (χ0v) is 7.25. The van der Waals surface area contributed by atoms with Gasteiger partial charge in [-0.3, -0.25) is 14.5 Å². The van der Waals surface area contributed by atoms with Crippen LogP contribution in [0, 0.1) is 5.92 Å². The summed E-state index contributed by atoms with van der Waals surface area (Å²) in [5.41, 5.74) is 5.27. The van der Waals surface area contributed by atoms with Crippen molar-refractivity contribution >= 4 is 11.8 Å². The third-order valence-corrected chi connectivity index (χ3v) is 2.18. The second-order valence-corrected chi connectivity index (χ2v) is 2.98. The van der Waals surface area contributed by atoms with Gasteiger partial charge in [-0.25, -0.2) is 0 Å². The molecule has 68 valence electrons. The number of carbonyl (C=O) groups excluding carboxylic acids is 2. The van der Waals surface area contributed by atoms with Crippen LogP contribution in [0.15, 0.2) is 0 Å². The summed E-state index contributed by atoms with van der Waals surface area (Å²) in [4.78, 5) is 23.9. The molecule has 0 aromatic rings. The lowest BCUT2D eigenvalue weighted by molar-refractivity contribution is -0.139. The van der Waals surface area contributed by atoms with E-state index in [-0.39, 0.29) is 17.7 Å². The number of nitrogens with two attached hydrogens (primary N) is 1. The molecule has 0 aliphatic carbocycles. The van der Waals surface area contributed by atoms with Gasteiger partial charge >= 0.3 is 0 Å². The topological polar surface area (TPSA) is 63.4 Å². The highest BCUT2D eigenvalue weighted by atomic mass is 16.2. The Labute approximate surface area is 71.7 Å². The van der Waals surface area contributed by atoms with Gasteiger partial charge in [0.05, 0.1) is 0 Å². The highest BCUT2D eigenvalue weighted by Crippen LogP contribution is 2.21. The largest absolute Gasteiger partial charge is 0.329 e. The van der Waals surface area contributed by atoms with E-state index in [0.29, 0.717) is 19.5 Å². The predicted molar refractivity (Wildman–Crippen MR) is 44.2 cm³/mol. The number of amides is 2. The molecule has 0 aromatic heterocycles. The average Bonchev–Trinajstić information content (AvgIpc) is 2.32. The summed E-state index contributed by atoms with van der Waals surface area (Å²) in [5.74, 6) is -0.214. The number of nitrogens with zero attached hydrogens (tertiary/aromatic N) is 1. The molecule has 1 heterocycles. The van der Waals surface area contributed by atoms with Gasteiger partial charge in [-0.05, 0) is 6.42 Å². The minimum Gasteiger partial charge on any atom is -0.329 e. The number of rotatable bonds is 3. The van der Waals surface area contributed by atoms with Gasteiger partial charge in [-0.1, -0.05) is 6.92 Å². The van der Waals surface area contributed by atoms with Crippen LogP contribution < -0.4 is 5.73 Å². The van der Waals surface area contributed by atoms with Crippen LogP contribution >= 0.6 is 0 Å². The minimum absolute atomic E-state index is 0.0482. The monoisotopic (exact) mass is 170 g/mol. The maximum absolute atomic E-state index is 11.4. The van der Waals surface area contributed by atoms with Crippen molar-refractivity contribution < 1.29 is 9.59 Å². The Morgan fingerprint density at radius 3 is 2.67 bits per heavy atom. The molecule has 0 aromatic carbocycles. The summed E-state index contributed by atoms with van der Waals surface area (Å²) < 4.78 is 0. The van der Waals surface area contributed by atoms with Crippen molar-refractivity contribution in [2.24, 2.45) is 11.7 Å². The van der Waals surface area contributed by atoms with Gasteiger partial charge in [0.15, 0.2) is 0 Å². The van der Waals surface area contributed by atoms with Gasteiger partial charge in [0.1, 0.15) is 0 Å². The highest BCUT2D eigenvalue weighted by Gasteiger charge is 2.36. The zero-order chi connectivity index (χ0) is 9.14. The molecule has 0 spiro atoms. The Morgan fingerprint density at radius 2 is 2.25 bits per heavy atom. The Kier molecular flexibility index (Phi) is 2.81. The molecule has 1 aliphatic rings. The second kappa shape index (κ2) is 3.67. The Bertz CT molecular complexity index is 203. The standard InChI is InChI=1S/C8H14N2O2/c1-2-6-5-7(11)10(4-3-9)8(6)12/h6H,2-5,9H2,1H3. The summed E-state index contributed by atoms with van der Waals surface area (Å²) in [7, 11) is 0. The summed E-state index contributed by atoms with van der Waals surface area (Å²) in [6.07, 6.45) is 1.11. The molecular weight excluding hydrogens is 156 g/mol. The van der Waals surface area contributed by atoms with Crippen LogP contribution in [-0.4, -0.2) is 29.8 Å².